The topological polar surface area (TPSA) is 79.6 Å². The largest absolute Gasteiger partial charge is 0.466 e. The fourth-order valence-corrected chi connectivity index (χ4v) is 3.71. The van der Waals surface area contributed by atoms with Crippen LogP contribution in [0.1, 0.15) is 47.0 Å². The zero-order chi connectivity index (χ0) is 18.3. The van der Waals surface area contributed by atoms with E-state index in [1.807, 2.05) is 12.1 Å². The molecule has 2 aromatic rings. The molecule has 0 unspecified atom stereocenters. The average molecular weight is 352 g/mol. The van der Waals surface area contributed by atoms with Crippen molar-refractivity contribution in [3.05, 3.63) is 59.0 Å². The highest BCUT2D eigenvalue weighted by molar-refractivity contribution is 6.11. The van der Waals surface area contributed by atoms with Crippen LogP contribution in [0.25, 0.3) is 0 Å². The Morgan fingerprint density at radius 3 is 2.69 bits per heavy atom. The minimum atomic E-state index is -1.28. The number of hydrogen-bond acceptors (Lipinski definition) is 4. The third-order valence-corrected chi connectivity index (χ3v) is 5.26. The van der Waals surface area contributed by atoms with Gasteiger partial charge in [0.1, 0.15) is 5.76 Å². The fraction of sp³-hybridized carbons (Fsp3) is 0.350. The van der Waals surface area contributed by atoms with Gasteiger partial charge in [-0.1, -0.05) is 12.1 Å². The lowest BCUT2D eigenvalue weighted by atomic mass is 9.89. The van der Waals surface area contributed by atoms with Crippen molar-refractivity contribution in [2.45, 2.75) is 38.1 Å². The lowest BCUT2D eigenvalue weighted by Gasteiger charge is -2.19. The molecular weight excluding hydrogens is 332 g/mol. The Morgan fingerprint density at radius 1 is 1.19 bits per heavy atom. The van der Waals surface area contributed by atoms with Crippen LogP contribution in [-0.2, 0) is 23.2 Å². The van der Waals surface area contributed by atoms with E-state index in [2.05, 4.69) is 5.32 Å². The van der Waals surface area contributed by atoms with Gasteiger partial charge in [0.25, 0.3) is 5.91 Å². The summed E-state index contributed by atoms with van der Waals surface area (Å²) in [5.74, 6) is -0.381. The van der Waals surface area contributed by atoms with E-state index in [-0.39, 0.29) is 12.3 Å². The number of aryl methyl sites for hydroxylation is 2. The quantitative estimate of drug-likeness (QED) is 0.678. The number of benzene rings is 1. The number of nitrogens with zero attached hydrogens (tertiary/aromatic N) is 1. The van der Waals surface area contributed by atoms with Crippen molar-refractivity contribution in [3.8, 4) is 0 Å². The predicted octanol–water partition coefficient (Wildman–Crippen LogP) is 2.81. The molecule has 1 fully saturated rings. The summed E-state index contributed by atoms with van der Waals surface area (Å²) in [5, 5.41) is 2.63. The highest BCUT2D eigenvalue weighted by Crippen LogP contribution is 2.29. The summed E-state index contributed by atoms with van der Waals surface area (Å²) in [7, 11) is 0. The molecule has 0 bridgehead atoms. The molecule has 1 aromatic heterocycles. The number of ketones is 1. The number of furan rings is 1. The van der Waals surface area contributed by atoms with Crippen LogP contribution in [0.2, 0.25) is 0 Å². The number of imide groups is 1. The van der Waals surface area contributed by atoms with Crippen molar-refractivity contribution in [1.82, 2.24) is 10.2 Å². The van der Waals surface area contributed by atoms with Gasteiger partial charge in [-0.25, -0.2) is 4.79 Å². The first-order valence-electron chi connectivity index (χ1n) is 8.82. The Hall–Kier alpha value is -2.89. The van der Waals surface area contributed by atoms with E-state index >= 15 is 0 Å². The van der Waals surface area contributed by atoms with E-state index in [0.29, 0.717) is 11.3 Å². The summed E-state index contributed by atoms with van der Waals surface area (Å²) >= 11 is 0. The maximum Gasteiger partial charge on any atom is 0.325 e. The molecule has 1 aromatic carbocycles. The molecule has 2 heterocycles. The van der Waals surface area contributed by atoms with Gasteiger partial charge in [-0.15, -0.1) is 0 Å². The highest BCUT2D eigenvalue weighted by atomic mass is 16.3. The van der Waals surface area contributed by atoms with Crippen molar-refractivity contribution in [2.24, 2.45) is 0 Å². The van der Waals surface area contributed by atoms with Gasteiger partial charge < -0.3 is 9.73 Å². The van der Waals surface area contributed by atoms with Crippen LogP contribution < -0.4 is 5.32 Å². The molecule has 3 amide bonds. The Labute approximate surface area is 151 Å². The van der Waals surface area contributed by atoms with Gasteiger partial charge in [0.05, 0.1) is 12.8 Å². The maximum atomic E-state index is 12.8. The van der Waals surface area contributed by atoms with Crippen LogP contribution in [0.5, 0.6) is 0 Å². The lowest BCUT2D eigenvalue weighted by molar-refractivity contribution is -0.131. The molecule has 1 aliphatic carbocycles. The predicted molar refractivity (Wildman–Crippen MR) is 93.7 cm³/mol. The van der Waals surface area contributed by atoms with E-state index in [9.17, 15) is 14.4 Å². The Balaban J connectivity index is 1.54. The second-order valence-electron chi connectivity index (χ2n) is 7.04. The third kappa shape index (κ3) is 2.62. The first-order chi connectivity index (χ1) is 12.5. The van der Waals surface area contributed by atoms with Crippen molar-refractivity contribution >= 4 is 17.7 Å². The monoisotopic (exact) mass is 352 g/mol. The van der Waals surface area contributed by atoms with Gasteiger partial charge >= 0.3 is 6.03 Å². The van der Waals surface area contributed by atoms with Gasteiger partial charge in [-0.3, -0.25) is 14.5 Å². The van der Waals surface area contributed by atoms with Crippen LogP contribution >= 0.6 is 0 Å². The molecule has 26 heavy (non-hydrogen) atoms. The third-order valence-electron chi connectivity index (χ3n) is 5.26. The zero-order valence-corrected chi connectivity index (χ0v) is 14.6. The van der Waals surface area contributed by atoms with Gasteiger partial charge in [0, 0.05) is 5.56 Å². The molecule has 1 atom stereocenters. The van der Waals surface area contributed by atoms with Crippen LogP contribution in [0.15, 0.2) is 41.0 Å². The summed E-state index contributed by atoms with van der Waals surface area (Å²) in [6.45, 7) is 1.30. The van der Waals surface area contributed by atoms with E-state index in [1.165, 1.54) is 23.8 Å². The Kier molecular flexibility index (Phi) is 3.90. The van der Waals surface area contributed by atoms with E-state index in [4.69, 9.17) is 4.42 Å². The Bertz CT molecular complexity index is 887. The second kappa shape index (κ2) is 6.12. The van der Waals surface area contributed by atoms with Crippen LogP contribution in [0.4, 0.5) is 4.79 Å². The molecule has 6 nitrogen and oxygen atoms in total. The highest BCUT2D eigenvalue weighted by Gasteiger charge is 2.51. The van der Waals surface area contributed by atoms with Crippen molar-refractivity contribution in [1.29, 1.82) is 0 Å². The molecule has 1 N–H and O–H groups in total. The average Bonchev–Trinajstić information content (AvgIpc) is 3.26. The first-order valence-corrected chi connectivity index (χ1v) is 8.82. The minimum Gasteiger partial charge on any atom is -0.466 e. The first kappa shape index (κ1) is 16.6. The molecular formula is C20H20N2O4. The fourth-order valence-electron chi connectivity index (χ4n) is 3.71. The number of Topliss-reactive ketones (excluding diaryl/α,β-unsaturated/α-hetero) is 1. The molecule has 0 radical (unpaired) electrons. The maximum absolute atomic E-state index is 12.8. The number of hydrogen-bond donors (Lipinski definition) is 1. The van der Waals surface area contributed by atoms with Gasteiger partial charge in [-0.05, 0) is 61.9 Å². The van der Waals surface area contributed by atoms with Crippen LogP contribution in [0, 0.1) is 0 Å². The summed E-state index contributed by atoms with van der Waals surface area (Å²) < 4.78 is 5.29. The molecule has 4 rings (SSSR count). The summed E-state index contributed by atoms with van der Waals surface area (Å²) in [6, 6.07) is 8.38. The summed E-state index contributed by atoms with van der Waals surface area (Å²) in [4.78, 5) is 38.7. The summed E-state index contributed by atoms with van der Waals surface area (Å²) in [5.41, 5.74) is 1.74. The molecule has 1 aliphatic heterocycles. The van der Waals surface area contributed by atoms with E-state index in [1.54, 1.807) is 25.1 Å². The Morgan fingerprint density at radius 2 is 1.96 bits per heavy atom. The van der Waals surface area contributed by atoms with Crippen LogP contribution in [0.3, 0.4) is 0 Å². The number of rotatable bonds is 4. The zero-order valence-electron chi connectivity index (χ0n) is 14.6. The second-order valence-corrected chi connectivity index (χ2v) is 7.04. The number of urea groups is 1. The van der Waals surface area contributed by atoms with Gasteiger partial charge in [-0.2, -0.15) is 0 Å². The number of carbonyl (C=O) groups excluding carboxylic acids is 3. The molecule has 6 heteroatoms. The van der Waals surface area contributed by atoms with Gasteiger partial charge in [0.2, 0.25) is 0 Å². The number of carbonyl (C=O) groups is 3. The van der Waals surface area contributed by atoms with Crippen molar-refractivity contribution in [3.63, 3.8) is 0 Å². The standard InChI is InChI=1S/C20H20N2O4/c1-20(17-7-4-10-26-17)18(24)22(19(25)21-20)12-16(23)15-9-8-13-5-2-3-6-14(13)11-15/h4,7-11H,2-3,5-6,12H2,1H3,(H,21,25)/t20-/m1/s1. The number of fused-ring (bicyclic) bond motifs is 1. The number of amides is 3. The molecule has 134 valence electrons. The van der Waals surface area contributed by atoms with Gasteiger partial charge in [0.15, 0.2) is 11.3 Å². The molecule has 2 aliphatic rings. The lowest BCUT2D eigenvalue weighted by Crippen LogP contribution is -2.41. The van der Waals surface area contributed by atoms with Crippen molar-refractivity contribution in [2.75, 3.05) is 6.54 Å². The molecule has 0 spiro atoms. The minimum absolute atomic E-state index is 0.245. The van der Waals surface area contributed by atoms with Crippen LogP contribution in [-0.4, -0.2) is 29.2 Å². The van der Waals surface area contributed by atoms with E-state index < -0.39 is 17.5 Å². The van der Waals surface area contributed by atoms with Crippen molar-refractivity contribution < 1.29 is 18.8 Å². The smallest absolute Gasteiger partial charge is 0.325 e. The molecule has 0 saturated carbocycles. The van der Waals surface area contributed by atoms with E-state index in [0.717, 1.165) is 24.2 Å². The molecule has 1 saturated heterocycles. The number of nitrogens with one attached hydrogen (secondary N) is 1. The normalized spacial score (nSPS) is 22.3. The SMILES string of the molecule is C[C@]1(c2ccco2)NC(=O)N(CC(=O)c2ccc3c(c2)CCCC3)C1=O. The summed E-state index contributed by atoms with van der Waals surface area (Å²) in [6.07, 6.45) is 5.75.